The molecule has 1 aromatic heterocycles. The molecule has 12 heavy (non-hydrogen) atoms. The van der Waals surface area contributed by atoms with Crippen molar-refractivity contribution in [3.05, 3.63) is 16.8 Å². The molecule has 66 valence electrons. The average Bonchev–Trinajstić information content (AvgIpc) is 2.63. The van der Waals surface area contributed by atoms with Crippen LogP contribution in [0.15, 0.2) is 15.3 Å². The standard InChI is InChI=1S/C8H11BrN2O/c9-7-6-12-8(10-7)5-11-3-1-2-4-11/h6H,1-5H2. The van der Waals surface area contributed by atoms with Crippen molar-refractivity contribution in [3.8, 4) is 0 Å². The van der Waals surface area contributed by atoms with E-state index in [1.54, 1.807) is 6.26 Å². The van der Waals surface area contributed by atoms with Crippen molar-refractivity contribution in [2.24, 2.45) is 0 Å². The quantitative estimate of drug-likeness (QED) is 0.779. The van der Waals surface area contributed by atoms with Crippen LogP contribution in [0, 0.1) is 0 Å². The van der Waals surface area contributed by atoms with Crippen LogP contribution in [0.25, 0.3) is 0 Å². The van der Waals surface area contributed by atoms with E-state index in [9.17, 15) is 0 Å². The number of oxazole rings is 1. The maximum atomic E-state index is 5.23. The molecule has 1 aliphatic heterocycles. The van der Waals surface area contributed by atoms with E-state index >= 15 is 0 Å². The van der Waals surface area contributed by atoms with Crippen LogP contribution in [0.3, 0.4) is 0 Å². The highest BCUT2D eigenvalue weighted by Crippen LogP contribution is 2.14. The third-order valence-electron chi connectivity index (χ3n) is 2.08. The van der Waals surface area contributed by atoms with Gasteiger partial charge in [-0.1, -0.05) is 0 Å². The van der Waals surface area contributed by atoms with Gasteiger partial charge >= 0.3 is 0 Å². The lowest BCUT2D eigenvalue weighted by molar-refractivity contribution is 0.291. The highest BCUT2D eigenvalue weighted by molar-refractivity contribution is 9.10. The summed E-state index contributed by atoms with van der Waals surface area (Å²) in [6.07, 6.45) is 4.25. The van der Waals surface area contributed by atoms with Gasteiger partial charge in [0.05, 0.1) is 6.54 Å². The SMILES string of the molecule is Brc1coc(CN2CCCC2)n1. The monoisotopic (exact) mass is 230 g/mol. The minimum Gasteiger partial charge on any atom is -0.446 e. The summed E-state index contributed by atoms with van der Waals surface area (Å²) in [5.74, 6) is 0.809. The van der Waals surface area contributed by atoms with E-state index in [-0.39, 0.29) is 0 Å². The molecule has 1 aromatic rings. The summed E-state index contributed by atoms with van der Waals surface area (Å²) in [5, 5.41) is 0. The Morgan fingerprint density at radius 3 is 2.83 bits per heavy atom. The molecule has 0 aliphatic carbocycles. The summed E-state index contributed by atoms with van der Waals surface area (Å²) in [6, 6.07) is 0. The zero-order valence-electron chi connectivity index (χ0n) is 6.79. The Bertz CT molecular complexity index is 255. The topological polar surface area (TPSA) is 29.3 Å². The summed E-state index contributed by atoms with van der Waals surface area (Å²) in [7, 11) is 0. The number of nitrogens with zero attached hydrogens (tertiary/aromatic N) is 2. The first kappa shape index (κ1) is 8.26. The van der Waals surface area contributed by atoms with Gasteiger partial charge in [-0.05, 0) is 41.9 Å². The van der Waals surface area contributed by atoms with Gasteiger partial charge in [-0.15, -0.1) is 0 Å². The normalized spacial score (nSPS) is 18.8. The van der Waals surface area contributed by atoms with E-state index in [0.29, 0.717) is 0 Å². The zero-order chi connectivity index (χ0) is 8.39. The van der Waals surface area contributed by atoms with Gasteiger partial charge in [-0.3, -0.25) is 4.90 Å². The minimum absolute atomic E-state index is 0.789. The molecule has 0 saturated carbocycles. The van der Waals surface area contributed by atoms with Gasteiger partial charge in [0.15, 0.2) is 0 Å². The van der Waals surface area contributed by atoms with E-state index in [2.05, 4.69) is 25.8 Å². The van der Waals surface area contributed by atoms with Crippen molar-refractivity contribution in [2.75, 3.05) is 13.1 Å². The smallest absolute Gasteiger partial charge is 0.209 e. The van der Waals surface area contributed by atoms with Crippen molar-refractivity contribution >= 4 is 15.9 Å². The molecular weight excluding hydrogens is 220 g/mol. The third kappa shape index (κ3) is 1.87. The predicted octanol–water partition coefficient (Wildman–Crippen LogP) is 2.03. The molecule has 0 amide bonds. The first-order valence-electron chi connectivity index (χ1n) is 4.17. The number of hydrogen-bond donors (Lipinski definition) is 0. The predicted molar refractivity (Wildman–Crippen MR) is 48.7 cm³/mol. The van der Waals surface area contributed by atoms with E-state index in [1.165, 1.54) is 25.9 Å². The molecule has 2 heterocycles. The number of aromatic nitrogens is 1. The lowest BCUT2D eigenvalue weighted by Gasteiger charge is -2.10. The largest absolute Gasteiger partial charge is 0.446 e. The molecule has 0 spiro atoms. The van der Waals surface area contributed by atoms with Crippen molar-refractivity contribution in [1.29, 1.82) is 0 Å². The summed E-state index contributed by atoms with van der Waals surface area (Å²) < 4.78 is 6.02. The van der Waals surface area contributed by atoms with E-state index in [1.807, 2.05) is 0 Å². The van der Waals surface area contributed by atoms with Gasteiger partial charge < -0.3 is 4.42 Å². The molecule has 0 bridgehead atoms. The van der Waals surface area contributed by atoms with E-state index in [0.717, 1.165) is 17.0 Å². The van der Waals surface area contributed by atoms with Crippen LogP contribution in [0.2, 0.25) is 0 Å². The summed E-state index contributed by atoms with van der Waals surface area (Å²) in [4.78, 5) is 6.54. The Kier molecular flexibility index (Phi) is 2.46. The fourth-order valence-corrected chi connectivity index (χ4v) is 1.78. The fraction of sp³-hybridized carbons (Fsp3) is 0.625. The Morgan fingerprint density at radius 1 is 1.50 bits per heavy atom. The van der Waals surface area contributed by atoms with Gasteiger partial charge in [0.25, 0.3) is 0 Å². The first-order chi connectivity index (χ1) is 5.84. The first-order valence-corrected chi connectivity index (χ1v) is 4.96. The molecule has 1 saturated heterocycles. The van der Waals surface area contributed by atoms with Crippen LogP contribution in [0.5, 0.6) is 0 Å². The fourth-order valence-electron chi connectivity index (χ4n) is 1.49. The summed E-state index contributed by atoms with van der Waals surface area (Å²) in [5.41, 5.74) is 0. The molecule has 1 fully saturated rings. The van der Waals surface area contributed by atoms with E-state index < -0.39 is 0 Å². The van der Waals surface area contributed by atoms with Crippen LogP contribution < -0.4 is 0 Å². The Balaban J connectivity index is 1.94. The second-order valence-corrected chi connectivity index (χ2v) is 3.86. The van der Waals surface area contributed by atoms with Crippen molar-refractivity contribution < 1.29 is 4.42 Å². The molecule has 0 unspecified atom stereocenters. The van der Waals surface area contributed by atoms with Gasteiger partial charge in [0.2, 0.25) is 5.89 Å². The van der Waals surface area contributed by atoms with Gasteiger partial charge in [0.1, 0.15) is 10.9 Å². The minimum atomic E-state index is 0.789. The lowest BCUT2D eigenvalue weighted by Crippen LogP contribution is -2.18. The molecule has 0 N–H and O–H groups in total. The third-order valence-corrected chi connectivity index (χ3v) is 2.45. The van der Waals surface area contributed by atoms with Crippen LogP contribution in [0.1, 0.15) is 18.7 Å². The summed E-state index contributed by atoms with van der Waals surface area (Å²) >= 11 is 3.26. The maximum Gasteiger partial charge on any atom is 0.209 e. The van der Waals surface area contributed by atoms with Gasteiger partial charge in [-0.2, -0.15) is 0 Å². The lowest BCUT2D eigenvalue weighted by atomic mass is 10.4. The molecule has 2 rings (SSSR count). The molecule has 0 radical (unpaired) electrons. The molecule has 4 heteroatoms. The molecule has 3 nitrogen and oxygen atoms in total. The van der Waals surface area contributed by atoms with Crippen LogP contribution >= 0.6 is 15.9 Å². The molecule has 1 aliphatic rings. The average molecular weight is 231 g/mol. The van der Waals surface area contributed by atoms with Crippen molar-refractivity contribution in [1.82, 2.24) is 9.88 Å². The highest BCUT2D eigenvalue weighted by atomic mass is 79.9. The Labute approximate surface area is 79.9 Å². The number of likely N-dealkylation sites (tertiary alicyclic amines) is 1. The zero-order valence-corrected chi connectivity index (χ0v) is 8.38. The molecule has 0 atom stereocenters. The molecule has 0 aromatic carbocycles. The van der Waals surface area contributed by atoms with Gasteiger partial charge in [-0.25, -0.2) is 4.98 Å². The number of halogens is 1. The Morgan fingerprint density at radius 2 is 2.25 bits per heavy atom. The maximum absolute atomic E-state index is 5.23. The van der Waals surface area contributed by atoms with Crippen LogP contribution in [0.4, 0.5) is 0 Å². The summed E-state index contributed by atoms with van der Waals surface area (Å²) in [6.45, 7) is 3.21. The Hall–Kier alpha value is -0.350. The van der Waals surface area contributed by atoms with Crippen molar-refractivity contribution in [2.45, 2.75) is 19.4 Å². The second-order valence-electron chi connectivity index (χ2n) is 3.05. The van der Waals surface area contributed by atoms with Gasteiger partial charge in [0, 0.05) is 0 Å². The highest BCUT2D eigenvalue weighted by Gasteiger charge is 2.13. The van der Waals surface area contributed by atoms with Crippen LogP contribution in [-0.2, 0) is 6.54 Å². The van der Waals surface area contributed by atoms with E-state index in [4.69, 9.17) is 4.42 Å². The number of hydrogen-bond acceptors (Lipinski definition) is 3. The number of rotatable bonds is 2. The molecular formula is C8H11BrN2O. The second kappa shape index (κ2) is 3.58. The van der Waals surface area contributed by atoms with Crippen molar-refractivity contribution in [3.63, 3.8) is 0 Å². The van der Waals surface area contributed by atoms with Crippen LogP contribution in [-0.4, -0.2) is 23.0 Å².